The molecule has 0 saturated carbocycles. The van der Waals surface area contributed by atoms with Crippen molar-refractivity contribution in [1.82, 2.24) is 0 Å². The van der Waals surface area contributed by atoms with E-state index in [4.69, 9.17) is 0 Å². The Hall–Kier alpha value is -3.85. The van der Waals surface area contributed by atoms with Crippen molar-refractivity contribution in [3.05, 3.63) is 142 Å². The van der Waals surface area contributed by atoms with E-state index in [1.807, 2.05) is 18.2 Å². The molecular formula is C31H25F3. The number of rotatable bonds is 7. The Morgan fingerprint density at radius 3 is 1.65 bits per heavy atom. The molecule has 0 bridgehead atoms. The van der Waals surface area contributed by atoms with Crippen LogP contribution in [0.25, 0.3) is 23.8 Å². The van der Waals surface area contributed by atoms with E-state index in [0.29, 0.717) is 5.92 Å². The summed E-state index contributed by atoms with van der Waals surface area (Å²) in [6.45, 7) is 2.23. The fourth-order valence-corrected chi connectivity index (χ4v) is 3.80. The van der Waals surface area contributed by atoms with E-state index in [1.165, 1.54) is 35.4 Å². The van der Waals surface area contributed by atoms with Crippen LogP contribution in [0.4, 0.5) is 13.2 Å². The Balaban J connectivity index is 1.40. The van der Waals surface area contributed by atoms with E-state index >= 15 is 0 Å². The first-order valence-electron chi connectivity index (χ1n) is 11.2. The quantitative estimate of drug-likeness (QED) is 0.244. The Morgan fingerprint density at radius 1 is 0.647 bits per heavy atom. The summed E-state index contributed by atoms with van der Waals surface area (Å²) in [4.78, 5) is 0. The molecule has 170 valence electrons. The van der Waals surface area contributed by atoms with Gasteiger partial charge >= 0.3 is 0 Å². The van der Waals surface area contributed by atoms with Crippen LogP contribution in [0.15, 0.2) is 103 Å². The van der Waals surface area contributed by atoms with Gasteiger partial charge in [0.2, 0.25) is 0 Å². The van der Waals surface area contributed by atoms with Gasteiger partial charge < -0.3 is 0 Å². The molecule has 4 aromatic carbocycles. The molecule has 4 aromatic rings. The van der Waals surface area contributed by atoms with Gasteiger partial charge in [-0.1, -0.05) is 97.9 Å². The molecule has 0 aliphatic carbocycles. The molecule has 0 aliphatic heterocycles. The van der Waals surface area contributed by atoms with Crippen molar-refractivity contribution in [3.8, 4) is 0 Å². The monoisotopic (exact) mass is 454 g/mol. The van der Waals surface area contributed by atoms with Gasteiger partial charge in [0.1, 0.15) is 5.82 Å². The van der Waals surface area contributed by atoms with Crippen LogP contribution < -0.4 is 0 Å². The van der Waals surface area contributed by atoms with Crippen LogP contribution in [-0.4, -0.2) is 0 Å². The van der Waals surface area contributed by atoms with Gasteiger partial charge in [0.15, 0.2) is 11.7 Å². The Labute approximate surface area is 198 Å². The maximum atomic E-state index is 14.5. The van der Waals surface area contributed by atoms with Gasteiger partial charge in [0.05, 0.1) is 0 Å². The zero-order valence-electron chi connectivity index (χ0n) is 18.9. The molecule has 0 N–H and O–H groups in total. The van der Waals surface area contributed by atoms with Gasteiger partial charge in [-0.25, -0.2) is 13.2 Å². The Kier molecular flexibility index (Phi) is 7.44. The number of hydrogen-bond acceptors (Lipinski definition) is 0. The third-order valence-corrected chi connectivity index (χ3v) is 5.81. The lowest BCUT2D eigenvalue weighted by molar-refractivity contribution is 0.627. The molecule has 0 fully saturated rings. The van der Waals surface area contributed by atoms with E-state index in [1.54, 1.807) is 12.1 Å². The number of halogens is 3. The highest BCUT2D eigenvalue weighted by molar-refractivity contribution is 5.83. The van der Waals surface area contributed by atoms with Crippen LogP contribution >= 0.6 is 0 Å². The van der Waals surface area contributed by atoms with Gasteiger partial charge in [0.25, 0.3) is 0 Å². The number of benzene rings is 4. The van der Waals surface area contributed by atoms with Gasteiger partial charge in [-0.15, -0.1) is 0 Å². The smallest absolute Gasteiger partial charge is 0.166 e. The van der Waals surface area contributed by atoms with Crippen molar-refractivity contribution in [1.29, 1.82) is 0 Å². The first-order valence-corrected chi connectivity index (χ1v) is 11.2. The topological polar surface area (TPSA) is 0 Å². The van der Waals surface area contributed by atoms with Crippen molar-refractivity contribution in [2.24, 2.45) is 0 Å². The summed E-state index contributed by atoms with van der Waals surface area (Å²) >= 11 is 0. The lowest BCUT2D eigenvalue weighted by Gasteiger charge is -2.12. The van der Waals surface area contributed by atoms with E-state index in [0.717, 1.165) is 29.7 Å². The summed E-state index contributed by atoms with van der Waals surface area (Å²) in [7, 11) is 0. The third-order valence-electron chi connectivity index (χ3n) is 5.81. The first-order chi connectivity index (χ1) is 16.5. The molecule has 4 rings (SSSR count). The lowest BCUT2D eigenvalue weighted by atomic mass is 9.93. The Morgan fingerprint density at radius 2 is 1.12 bits per heavy atom. The molecule has 0 saturated heterocycles. The fourth-order valence-electron chi connectivity index (χ4n) is 3.80. The second kappa shape index (κ2) is 10.8. The molecule has 0 spiro atoms. The molecule has 0 aromatic heterocycles. The minimum atomic E-state index is -1.01. The highest BCUT2D eigenvalue weighted by Gasteiger charge is 2.11. The van der Waals surface area contributed by atoms with Gasteiger partial charge in [0, 0.05) is 11.1 Å². The van der Waals surface area contributed by atoms with E-state index in [9.17, 15) is 13.2 Å². The second-order valence-electron chi connectivity index (χ2n) is 8.35. The van der Waals surface area contributed by atoms with Crippen LogP contribution in [0.5, 0.6) is 0 Å². The van der Waals surface area contributed by atoms with Crippen molar-refractivity contribution in [2.75, 3.05) is 0 Å². The van der Waals surface area contributed by atoms with Crippen LogP contribution in [0.3, 0.4) is 0 Å². The average molecular weight is 455 g/mol. The van der Waals surface area contributed by atoms with Crippen LogP contribution in [0, 0.1) is 5.82 Å². The minimum Gasteiger partial charge on any atom is -0.207 e. The highest BCUT2D eigenvalue weighted by Crippen LogP contribution is 2.29. The SMILES string of the molecule is C[C@@H](Cc1ccc(C=Cc2ccc(C(F)=C(F)c3ccc(F)cc3)cc2)cc1)c1ccccc1. The molecular weight excluding hydrogens is 429 g/mol. The van der Waals surface area contributed by atoms with Gasteiger partial charge in [-0.3, -0.25) is 0 Å². The summed E-state index contributed by atoms with van der Waals surface area (Å²) in [6.07, 6.45) is 4.90. The minimum absolute atomic E-state index is 0.00415. The lowest BCUT2D eigenvalue weighted by Crippen LogP contribution is -1.98. The average Bonchev–Trinajstić information content (AvgIpc) is 2.88. The van der Waals surface area contributed by atoms with Crippen molar-refractivity contribution < 1.29 is 13.2 Å². The van der Waals surface area contributed by atoms with Crippen molar-refractivity contribution >= 4 is 23.8 Å². The molecule has 0 unspecified atom stereocenters. The molecule has 0 nitrogen and oxygen atoms in total. The normalized spacial score (nSPS) is 13.1. The molecule has 0 amide bonds. The number of hydrogen-bond donors (Lipinski definition) is 0. The summed E-state index contributed by atoms with van der Waals surface area (Å²) in [5.74, 6) is -2.03. The van der Waals surface area contributed by atoms with E-state index in [-0.39, 0.29) is 11.1 Å². The fraction of sp³-hybridized carbons (Fsp3) is 0.0968. The van der Waals surface area contributed by atoms with Crippen LogP contribution in [0.2, 0.25) is 0 Å². The maximum absolute atomic E-state index is 14.5. The summed E-state index contributed by atoms with van der Waals surface area (Å²) < 4.78 is 41.9. The molecule has 0 radical (unpaired) electrons. The van der Waals surface area contributed by atoms with Gasteiger partial charge in [-0.2, -0.15) is 0 Å². The molecule has 3 heteroatoms. The van der Waals surface area contributed by atoms with Crippen molar-refractivity contribution in [3.63, 3.8) is 0 Å². The molecule has 34 heavy (non-hydrogen) atoms. The largest absolute Gasteiger partial charge is 0.207 e. The predicted octanol–water partition coefficient (Wildman–Crippen LogP) is 9.11. The predicted molar refractivity (Wildman–Crippen MR) is 136 cm³/mol. The van der Waals surface area contributed by atoms with Crippen LogP contribution in [-0.2, 0) is 6.42 Å². The van der Waals surface area contributed by atoms with Gasteiger partial charge in [-0.05, 0) is 58.9 Å². The van der Waals surface area contributed by atoms with E-state index < -0.39 is 17.5 Å². The maximum Gasteiger partial charge on any atom is 0.166 e. The first kappa shape index (κ1) is 23.3. The standard InChI is InChI=1S/C31H25F3/c1-22(26-5-3-2-4-6-26)21-25-11-9-23(10-12-25)7-8-24-13-15-27(16-14-24)30(33)31(34)28-17-19-29(32)20-18-28/h2-20,22H,21H2,1H3/t22-/m0/s1. The van der Waals surface area contributed by atoms with E-state index in [2.05, 4.69) is 55.5 Å². The molecule has 0 heterocycles. The molecule has 0 aliphatic rings. The highest BCUT2D eigenvalue weighted by atomic mass is 19.2. The zero-order chi connectivity index (χ0) is 23.9. The second-order valence-corrected chi connectivity index (χ2v) is 8.35. The van der Waals surface area contributed by atoms with Crippen LogP contribution in [0.1, 0.15) is 46.2 Å². The molecule has 1 atom stereocenters. The summed E-state index contributed by atoms with van der Waals surface area (Å²) in [6, 6.07) is 30.1. The van der Waals surface area contributed by atoms with Crippen molar-refractivity contribution in [2.45, 2.75) is 19.3 Å². The third kappa shape index (κ3) is 5.93. The zero-order valence-corrected chi connectivity index (χ0v) is 18.9. The Bertz CT molecular complexity index is 1270. The summed E-state index contributed by atoms with van der Waals surface area (Å²) in [5, 5.41) is 0. The summed E-state index contributed by atoms with van der Waals surface area (Å²) in [5.41, 5.74) is 4.69.